The molecule has 0 atom stereocenters. The monoisotopic (exact) mass is 322 g/mol. The summed E-state index contributed by atoms with van der Waals surface area (Å²) in [6, 6.07) is 13.6. The molecule has 2 rings (SSSR count). The van der Waals surface area contributed by atoms with Gasteiger partial charge >= 0.3 is 11.9 Å². The van der Waals surface area contributed by atoms with Crippen LogP contribution < -0.4 is 0 Å². The smallest absolute Gasteiger partial charge is 0.335 e. The van der Waals surface area contributed by atoms with Crippen molar-refractivity contribution >= 4 is 28.3 Å². The van der Waals surface area contributed by atoms with E-state index in [4.69, 9.17) is 5.11 Å². The lowest BCUT2D eigenvalue weighted by Crippen LogP contribution is -2.04. The molecule has 0 aromatic heterocycles. The number of benzene rings is 2. The van der Waals surface area contributed by atoms with Gasteiger partial charge in [0.05, 0.1) is 5.57 Å². The first kappa shape index (κ1) is 17.2. The number of carboxylic acids is 2. The molecule has 4 nitrogen and oxygen atoms in total. The van der Waals surface area contributed by atoms with Crippen molar-refractivity contribution in [1.29, 1.82) is 0 Å². The van der Waals surface area contributed by atoms with E-state index in [0.717, 1.165) is 16.3 Å². The van der Waals surface area contributed by atoms with E-state index in [9.17, 15) is 14.7 Å². The van der Waals surface area contributed by atoms with Gasteiger partial charge in [-0.25, -0.2) is 9.59 Å². The fraction of sp³-hybridized carbons (Fsp3) is 0.100. The van der Waals surface area contributed by atoms with Crippen LogP contribution in [-0.4, -0.2) is 22.2 Å². The molecule has 2 N–H and O–H groups in total. The van der Waals surface area contributed by atoms with Crippen molar-refractivity contribution in [2.45, 2.75) is 13.3 Å². The van der Waals surface area contributed by atoms with E-state index in [0.29, 0.717) is 5.57 Å². The molecule has 0 saturated carbocycles. The van der Waals surface area contributed by atoms with Gasteiger partial charge in [-0.05, 0) is 46.5 Å². The third kappa shape index (κ3) is 3.98. The molecule has 122 valence electrons. The normalized spacial score (nSPS) is 12.2. The first-order valence-electron chi connectivity index (χ1n) is 7.49. The maximum Gasteiger partial charge on any atom is 0.335 e. The Labute approximate surface area is 140 Å². The van der Waals surface area contributed by atoms with E-state index in [1.807, 2.05) is 42.5 Å². The SMILES string of the molecule is C=C(/C=C(\C=C(/CC)C(=O)O)C(=O)O)c1ccc2ccccc2c1. The van der Waals surface area contributed by atoms with Gasteiger partial charge in [0.1, 0.15) is 0 Å². The van der Waals surface area contributed by atoms with Gasteiger partial charge in [0, 0.05) is 5.57 Å². The first-order valence-corrected chi connectivity index (χ1v) is 7.49. The summed E-state index contributed by atoms with van der Waals surface area (Å²) in [5.74, 6) is -2.31. The van der Waals surface area contributed by atoms with Gasteiger partial charge in [0.15, 0.2) is 0 Å². The summed E-state index contributed by atoms with van der Waals surface area (Å²) in [6.45, 7) is 5.58. The number of rotatable bonds is 6. The summed E-state index contributed by atoms with van der Waals surface area (Å²) >= 11 is 0. The van der Waals surface area contributed by atoms with Crippen LogP contribution in [0.5, 0.6) is 0 Å². The molecule has 2 aromatic carbocycles. The zero-order chi connectivity index (χ0) is 17.7. The van der Waals surface area contributed by atoms with Crippen LogP contribution in [-0.2, 0) is 9.59 Å². The van der Waals surface area contributed by atoms with E-state index in [1.54, 1.807) is 6.92 Å². The minimum atomic E-state index is -1.19. The zero-order valence-corrected chi connectivity index (χ0v) is 13.3. The highest BCUT2D eigenvalue weighted by Gasteiger charge is 2.11. The lowest BCUT2D eigenvalue weighted by atomic mass is 9.99. The molecule has 0 bridgehead atoms. The summed E-state index contributed by atoms with van der Waals surface area (Å²) in [5, 5.41) is 20.5. The van der Waals surface area contributed by atoms with Gasteiger partial charge in [-0.3, -0.25) is 0 Å². The van der Waals surface area contributed by atoms with E-state index in [1.165, 1.54) is 12.2 Å². The molecule has 4 heteroatoms. The highest BCUT2D eigenvalue weighted by atomic mass is 16.4. The van der Waals surface area contributed by atoms with Crippen molar-refractivity contribution in [3.05, 3.63) is 77.9 Å². The van der Waals surface area contributed by atoms with Gasteiger partial charge in [0.2, 0.25) is 0 Å². The van der Waals surface area contributed by atoms with Crippen molar-refractivity contribution in [3.8, 4) is 0 Å². The summed E-state index contributed by atoms with van der Waals surface area (Å²) in [7, 11) is 0. The molecule has 0 saturated heterocycles. The van der Waals surface area contributed by atoms with Gasteiger partial charge in [-0.15, -0.1) is 0 Å². The van der Waals surface area contributed by atoms with Crippen LogP contribution in [0.15, 0.2) is 72.3 Å². The van der Waals surface area contributed by atoms with E-state index < -0.39 is 11.9 Å². The van der Waals surface area contributed by atoms with Crippen molar-refractivity contribution < 1.29 is 19.8 Å². The molecule has 0 aliphatic heterocycles. The van der Waals surface area contributed by atoms with Crippen LogP contribution in [0.1, 0.15) is 18.9 Å². The molecule has 0 spiro atoms. The topological polar surface area (TPSA) is 74.6 Å². The third-order valence-corrected chi connectivity index (χ3v) is 3.68. The van der Waals surface area contributed by atoms with Gasteiger partial charge in [-0.1, -0.05) is 49.9 Å². The Morgan fingerprint density at radius 2 is 1.67 bits per heavy atom. The minimum Gasteiger partial charge on any atom is -0.478 e. The Morgan fingerprint density at radius 1 is 1.00 bits per heavy atom. The molecule has 0 unspecified atom stereocenters. The Hall–Kier alpha value is -3.14. The third-order valence-electron chi connectivity index (χ3n) is 3.68. The number of allylic oxidation sites excluding steroid dienone is 2. The van der Waals surface area contributed by atoms with Crippen LogP contribution in [0.2, 0.25) is 0 Å². The predicted molar refractivity (Wildman–Crippen MR) is 94.7 cm³/mol. The lowest BCUT2D eigenvalue weighted by Gasteiger charge is -2.05. The van der Waals surface area contributed by atoms with Gasteiger partial charge in [0.25, 0.3) is 0 Å². The summed E-state index contributed by atoms with van der Waals surface area (Å²) < 4.78 is 0. The molecule has 0 amide bonds. The standard InChI is InChI=1S/C20H18O4/c1-3-14(19(21)22)11-18(20(23)24)10-13(2)16-9-8-15-6-4-5-7-17(15)12-16/h4-12H,2-3H2,1H3,(H,21,22)(H,23,24)/b14-11+,18-10+. The Kier molecular flexibility index (Phi) is 5.32. The van der Waals surface area contributed by atoms with Crippen LogP contribution in [0.3, 0.4) is 0 Å². The van der Waals surface area contributed by atoms with Crippen LogP contribution in [0, 0.1) is 0 Å². The molecule has 24 heavy (non-hydrogen) atoms. The fourth-order valence-electron chi connectivity index (χ4n) is 2.33. The predicted octanol–water partition coefficient (Wildman–Crippen LogP) is 4.29. The molecule has 2 aromatic rings. The summed E-state index contributed by atoms with van der Waals surface area (Å²) in [6.07, 6.45) is 2.81. The molecule has 0 fully saturated rings. The van der Waals surface area contributed by atoms with Crippen LogP contribution in [0.25, 0.3) is 16.3 Å². The molecule has 0 aliphatic rings. The van der Waals surface area contributed by atoms with Crippen molar-refractivity contribution in [3.63, 3.8) is 0 Å². The minimum absolute atomic E-state index is 0.0370. The van der Waals surface area contributed by atoms with E-state index >= 15 is 0 Å². The van der Waals surface area contributed by atoms with Gasteiger partial charge in [-0.2, -0.15) is 0 Å². The van der Waals surface area contributed by atoms with Crippen LogP contribution in [0.4, 0.5) is 0 Å². The summed E-state index contributed by atoms with van der Waals surface area (Å²) in [5.41, 5.74) is 1.23. The molecule has 0 aliphatic carbocycles. The largest absolute Gasteiger partial charge is 0.478 e. The number of hydrogen-bond donors (Lipinski definition) is 2. The van der Waals surface area contributed by atoms with Gasteiger partial charge < -0.3 is 10.2 Å². The van der Waals surface area contributed by atoms with E-state index in [-0.39, 0.29) is 17.6 Å². The van der Waals surface area contributed by atoms with Crippen molar-refractivity contribution in [2.24, 2.45) is 0 Å². The summed E-state index contributed by atoms with van der Waals surface area (Å²) in [4.78, 5) is 22.5. The quantitative estimate of drug-likeness (QED) is 0.615. The Morgan fingerprint density at radius 3 is 2.25 bits per heavy atom. The number of aliphatic carboxylic acids is 2. The van der Waals surface area contributed by atoms with Crippen molar-refractivity contribution in [2.75, 3.05) is 0 Å². The molecule has 0 radical (unpaired) electrons. The average Bonchev–Trinajstić information content (AvgIpc) is 2.57. The second-order valence-corrected chi connectivity index (χ2v) is 5.32. The van der Waals surface area contributed by atoms with E-state index in [2.05, 4.69) is 6.58 Å². The number of carboxylic acid groups (broad SMARTS) is 2. The van der Waals surface area contributed by atoms with Crippen LogP contribution >= 0.6 is 0 Å². The molecule has 0 heterocycles. The number of fused-ring (bicyclic) bond motifs is 1. The number of carbonyl (C=O) groups is 2. The first-order chi connectivity index (χ1) is 11.4. The average molecular weight is 322 g/mol. The molecular weight excluding hydrogens is 304 g/mol. The second-order valence-electron chi connectivity index (χ2n) is 5.32. The highest BCUT2D eigenvalue weighted by Crippen LogP contribution is 2.22. The zero-order valence-electron chi connectivity index (χ0n) is 13.3. The maximum atomic E-state index is 11.4. The Balaban J connectivity index is 2.42. The molecular formula is C20H18O4. The highest BCUT2D eigenvalue weighted by molar-refractivity contribution is 5.97. The lowest BCUT2D eigenvalue weighted by molar-refractivity contribution is -0.132. The Bertz CT molecular complexity index is 872. The fourth-order valence-corrected chi connectivity index (χ4v) is 2.33. The maximum absolute atomic E-state index is 11.4. The number of hydrogen-bond acceptors (Lipinski definition) is 2. The second kappa shape index (κ2) is 7.42. The van der Waals surface area contributed by atoms with Crippen molar-refractivity contribution in [1.82, 2.24) is 0 Å².